The van der Waals surface area contributed by atoms with Crippen LogP contribution < -0.4 is 0 Å². The highest BCUT2D eigenvalue weighted by molar-refractivity contribution is 6.00. The van der Waals surface area contributed by atoms with Crippen molar-refractivity contribution in [2.45, 2.75) is 33.7 Å². The van der Waals surface area contributed by atoms with Crippen LogP contribution in [0.25, 0.3) is 6.08 Å². The van der Waals surface area contributed by atoms with Crippen LogP contribution in [0.4, 0.5) is 0 Å². The smallest absolute Gasteiger partial charge is 0.331 e. The molecule has 0 radical (unpaired) electrons. The minimum Gasteiger partial charge on any atom is -0.469 e. The molecular weight excluding hydrogens is 358 g/mol. The normalized spacial score (nSPS) is 10.9. The molecule has 2 aromatic rings. The molecule has 0 saturated heterocycles. The third-order valence-corrected chi connectivity index (χ3v) is 4.57. The molecule has 2 rings (SSSR count). The number of hydrogen-bond acceptors (Lipinski definition) is 5. The van der Waals surface area contributed by atoms with Crippen molar-refractivity contribution in [3.8, 4) is 0 Å². The van der Waals surface area contributed by atoms with E-state index in [1.807, 2.05) is 42.7 Å². The number of esters is 2. The first kappa shape index (κ1) is 21.2. The lowest BCUT2D eigenvalue weighted by atomic mass is 10.1. The van der Waals surface area contributed by atoms with Gasteiger partial charge in [0.05, 0.1) is 13.5 Å². The minimum atomic E-state index is -0.573. The maximum atomic E-state index is 12.5. The summed E-state index contributed by atoms with van der Waals surface area (Å²) < 4.78 is 11.6. The third-order valence-electron chi connectivity index (χ3n) is 4.57. The predicted molar refractivity (Wildman–Crippen MR) is 106 cm³/mol. The van der Waals surface area contributed by atoms with Gasteiger partial charge in [-0.05, 0) is 44.0 Å². The summed E-state index contributed by atoms with van der Waals surface area (Å²) in [4.78, 5) is 35.7. The zero-order valence-corrected chi connectivity index (χ0v) is 16.7. The van der Waals surface area contributed by atoms with Gasteiger partial charge in [0.25, 0.3) is 0 Å². The van der Waals surface area contributed by atoms with Gasteiger partial charge in [-0.2, -0.15) is 0 Å². The number of ether oxygens (including phenoxy) is 2. The first-order valence-electron chi connectivity index (χ1n) is 9.00. The Morgan fingerprint density at radius 3 is 2.50 bits per heavy atom. The average molecular weight is 383 g/mol. The Bertz CT molecular complexity index is 908. The van der Waals surface area contributed by atoms with Crippen molar-refractivity contribution in [2.24, 2.45) is 0 Å². The van der Waals surface area contributed by atoms with Crippen LogP contribution in [-0.2, 0) is 25.6 Å². The van der Waals surface area contributed by atoms with Crippen LogP contribution >= 0.6 is 0 Å². The van der Waals surface area contributed by atoms with Gasteiger partial charge in [-0.25, -0.2) is 4.79 Å². The van der Waals surface area contributed by atoms with Gasteiger partial charge in [0.15, 0.2) is 6.61 Å². The molecule has 0 aliphatic carbocycles. The highest BCUT2D eigenvalue weighted by Crippen LogP contribution is 2.17. The molecule has 0 spiro atoms. The molecule has 0 aliphatic heterocycles. The Morgan fingerprint density at radius 1 is 1.11 bits per heavy atom. The van der Waals surface area contributed by atoms with Crippen LogP contribution in [0.15, 0.2) is 36.4 Å². The third kappa shape index (κ3) is 5.42. The first-order valence-corrected chi connectivity index (χ1v) is 9.00. The summed E-state index contributed by atoms with van der Waals surface area (Å²) in [5.74, 6) is -1.17. The zero-order chi connectivity index (χ0) is 20.7. The van der Waals surface area contributed by atoms with Gasteiger partial charge in [0.1, 0.15) is 0 Å². The van der Waals surface area contributed by atoms with E-state index >= 15 is 0 Å². The molecule has 0 N–H and O–H groups in total. The van der Waals surface area contributed by atoms with E-state index in [0.717, 1.165) is 22.5 Å². The highest BCUT2D eigenvalue weighted by atomic mass is 16.5. The molecule has 6 heteroatoms. The van der Waals surface area contributed by atoms with E-state index in [9.17, 15) is 14.4 Å². The fourth-order valence-corrected chi connectivity index (χ4v) is 2.93. The summed E-state index contributed by atoms with van der Waals surface area (Å²) in [6.45, 7) is 5.70. The molecule has 0 unspecified atom stereocenters. The number of aryl methyl sites for hydroxylation is 2. The van der Waals surface area contributed by atoms with E-state index in [-0.39, 0.29) is 24.8 Å². The second kappa shape index (κ2) is 9.69. The van der Waals surface area contributed by atoms with E-state index in [4.69, 9.17) is 4.74 Å². The van der Waals surface area contributed by atoms with Crippen molar-refractivity contribution in [3.63, 3.8) is 0 Å². The van der Waals surface area contributed by atoms with Crippen molar-refractivity contribution < 1.29 is 23.9 Å². The Kier molecular flexibility index (Phi) is 7.32. The Hall–Kier alpha value is -3.15. The van der Waals surface area contributed by atoms with Crippen LogP contribution in [0.3, 0.4) is 0 Å². The van der Waals surface area contributed by atoms with Crippen molar-refractivity contribution in [2.75, 3.05) is 13.7 Å². The van der Waals surface area contributed by atoms with Gasteiger partial charge >= 0.3 is 11.9 Å². The monoisotopic (exact) mass is 383 g/mol. The summed E-state index contributed by atoms with van der Waals surface area (Å²) in [5, 5.41) is 0. The molecule has 0 bridgehead atoms. The quantitative estimate of drug-likeness (QED) is 0.397. The summed E-state index contributed by atoms with van der Waals surface area (Å²) in [6, 6.07) is 9.40. The van der Waals surface area contributed by atoms with Crippen LogP contribution in [0, 0.1) is 20.8 Å². The lowest BCUT2D eigenvalue weighted by molar-refractivity contribution is -0.141. The molecule has 1 aromatic carbocycles. The molecular formula is C22H25NO5. The molecule has 0 saturated carbocycles. The van der Waals surface area contributed by atoms with Crippen LogP contribution in [0.1, 0.15) is 39.3 Å². The summed E-state index contributed by atoms with van der Waals surface area (Å²) >= 11 is 0. The molecule has 0 atom stereocenters. The van der Waals surface area contributed by atoms with E-state index in [1.54, 1.807) is 19.1 Å². The van der Waals surface area contributed by atoms with Crippen LogP contribution in [-0.4, -0.2) is 36.0 Å². The summed E-state index contributed by atoms with van der Waals surface area (Å²) in [5.41, 5.74) is 4.04. The van der Waals surface area contributed by atoms with Crippen molar-refractivity contribution in [1.82, 2.24) is 4.57 Å². The van der Waals surface area contributed by atoms with Crippen LogP contribution in [0.2, 0.25) is 0 Å². The van der Waals surface area contributed by atoms with Gasteiger partial charge in [-0.1, -0.05) is 24.3 Å². The number of rotatable bonds is 8. The van der Waals surface area contributed by atoms with E-state index in [1.165, 1.54) is 13.2 Å². The molecule has 1 heterocycles. The lowest BCUT2D eigenvalue weighted by Crippen LogP contribution is -2.14. The van der Waals surface area contributed by atoms with Gasteiger partial charge in [-0.15, -0.1) is 0 Å². The predicted octanol–water partition coefficient (Wildman–Crippen LogP) is 3.42. The van der Waals surface area contributed by atoms with E-state index in [2.05, 4.69) is 4.74 Å². The fourth-order valence-electron chi connectivity index (χ4n) is 2.93. The van der Waals surface area contributed by atoms with Crippen molar-refractivity contribution in [1.29, 1.82) is 0 Å². The fraction of sp³-hybridized carbons (Fsp3) is 0.318. The topological polar surface area (TPSA) is 74.6 Å². The number of carbonyl (C=O) groups is 3. The second-order valence-electron chi connectivity index (χ2n) is 6.48. The standard InChI is InChI=1S/C22H25NO5/c1-15-7-5-6-8-18(15)9-10-22(26)28-14-20(24)19-13-16(2)23(17(19)3)12-11-21(25)27-4/h5-10,13H,11-12,14H2,1-4H3/b10-9+. The molecule has 6 nitrogen and oxygen atoms in total. The van der Waals surface area contributed by atoms with E-state index in [0.29, 0.717) is 12.1 Å². The van der Waals surface area contributed by atoms with Crippen molar-refractivity contribution in [3.05, 3.63) is 64.5 Å². The minimum absolute atomic E-state index is 0.221. The number of benzene rings is 1. The summed E-state index contributed by atoms with van der Waals surface area (Å²) in [7, 11) is 1.34. The number of nitrogens with zero attached hydrogens (tertiary/aromatic N) is 1. The van der Waals surface area contributed by atoms with Gasteiger partial charge in [0, 0.05) is 29.6 Å². The maximum Gasteiger partial charge on any atom is 0.331 e. The SMILES string of the molecule is COC(=O)CCn1c(C)cc(C(=O)COC(=O)/C=C/c2ccccc2C)c1C. The number of carbonyl (C=O) groups excluding carboxylic acids is 3. The lowest BCUT2D eigenvalue weighted by Gasteiger charge is -2.09. The Balaban J connectivity index is 1.96. The number of Topliss-reactive ketones (excluding diaryl/α,β-unsaturated/α-hetero) is 1. The highest BCUT2D eigenvalue weighted by Gasteiger charge is 2.17. The largest absolute Gasteiger partial charge is 0.469 e. The molecule has 28 heavy (non-hydrogen) atoms. The number of aromatic nitrogens is 1. The van der Waals surface area contributed by atoms with Crippen LogP contribution in [0.5, 0.6) is 0 Å². The Labute approximate surface area is 164 Å². The molecule has 0 amide bonds. The van der Waals surface area contributed by atoms with Gasteiger partial charge in [-0.3, -0.25) is 9.59 Å². The average Bonchev–Trinajstić information content (AvgIpc) is 2.97. The van der Waals surface area contributed by atoms with Crippen molar-refractivity contribution >= 4 is 23.8 Å². The molecule has 0 fully saturated rings. The molecule has 0 aliphatic rings. The summed E-state index contributed by atoms with van der Waals surface area (Å²) in [6.07, 6.45) is 3.20. The zero-order valence-electron chi connectivity index (χ0n) is 16.7. The number of ketones is 1. The Morgan fingerprint density at radius 2 is 1.82 bits per heavy atom. The van der Waals surface area contributed by atoms with Gasteiger partial charge < -0.3 is 14.0 Å². The first-order chi connectivity index (χ1) is 13.3. The second-order valence-corrected chi connectivity index (χ2v) is 6.48. The maximum absolute atomic E-state index is 12.5. The molecule has 1 aromatic heterocycles. The number of methoxy groups -OCH3 is 1. The number of hydrogen-bond donors (Lipinski definition) is 0. The van der Waals surface area contributed by atoms with E-state index < -0.39 is 5.97 Å². The molecule has 148 valence electrons. The van der Waals surface area contributed by atoms with Gasteiger partial charge in [0.2, 0.25) is 5.78 Å².